The van der Waals surface area contributed by atoms with Crippen LogP contribution in [0.25, 0.3) is 49.7 Å². The summed E-state index contributed by atoms with van der Waals surface area (Å²) in [6, 6.07) is 62.8. The molecule has 0 fully saturated rings. The van der Waals surface area contributed by atoms with Crippen LogP contribution in [0.5, 0.6) is 0 Å². The van der Waals surface area contributed by atoms with Gasteiger partial charge in [0.25, 0.3) is 0 Å². The first kappa shape index (κ1) is 39.0. The van der Waals surface area contributed by atoms with Crippen LogP contribution >= 0.6 is 0 Å². The summed E-state index contributed by atoms with van der Waals surface area (Å²) in [5.74, 6) is 0.485. The maximum Gasteiger partial charge on any atom is 0.0541 e. The fraction of sp³-hybridized carbons (Fsp3) is 0.250. The second-order valence-electron chi connectivity index (χ2n) is 19.5. The molecule has 0 aliphatic carbocycles. The zero-order valence-corrected chi connectivity index (χ0v) is 35.8. The highest BCUT2D eigenvalue weighted by molar-refractivity contribution is 6.11. The van der Waals surface area contributed by atoms with Gasteiger partial charge in [-0.3, -0.25) is 0 Å². The summed E-state index contributed by atoms with van der Waals surface area (Å²) in [7, 11) is 0. The van der Waals surface area contributed by atoms with E-state index in [1.165, 1.54) is 60.9 Å². The summed E-state index contributed by atoms with van der Waals surface area (Å²) in [6.45, 7) is 21.0. The summed E-state index contributed by atoms with van der Waals surface area (Å²) in [5.41, 5.74) is 15.2. The van der Waals surface area contributed by atoms with Crippen molar-refractivity contribution in [2.24, 2.45) is 10.8 Å². The van der Waals surface area contributed by atoms with Gasteiger partial charge in [-0.15, -0.1) is 0 Å². The van der Waals surface area contributed by atoms with Crippen molar-refractivity contribution < 1.29 is 0 Å². The second-order valence-corrected chi connectivity index (χ2v) is 19.5. The van der Waals surface area contributed by atoms with Crippen LogP contribution in [0, 0.1) is 10.8 Å². The van der Waals surface area contributed by atoms with E-state index in [0.717, 1.165) is 23.5 Å². The number of para-hydroxylation sites is 2. The van der Waals surface area contributed by atoms with E-state index >= 15 is 0 Å². The molecule has 8 aromatic rings. The van der Waals surface area contributed by atoms with Gasteiger partial charge >= 0.3 is 0 Å². The molecule has 0 aliphatic heterocycles. The minimum atomic E-state index is 0.0904. The van der Waals surface area contributed by atoms with Crippen LogP contribution in [0.4, 0.5) is 17.1 Å². The van der Waals surface area contributed by atoms with Crippen molar-refractivity contribution in [2.75, 3.05) is 4.90 Å². The smallest absolute Gasteiger partial charge is 0.0541 e. The zero-order valence-electron chi connectivity index (χ0n) is 35.8. The van der Waals surface area contributed by atoms with Crippen molar-refractivity contribution in [3.8, 4) is 27.9 Å². The molecule has 1 atom stereocenters. The minimum absolute atomic E-state index is 0.0904. The van der Waals surface area contributed by atoms with E-state index in [0.29, 0.717) is 5.92 Å². The average Bonchev–Trinajstić information content (AvgIpc) is 3.53. The largest absolute Gasteiger partial charge is 0.311 e. The van der Waals surface area contributed by atoms with E-state index in [-0.39, 0.29) is 16.2 Å². The van der Waals surface area contributed by atoms with E-state index in [1.807, 2.05) is 0 Å². The van der Waals surface area contributed by atoms with Crippen LogP contribution in [-0.2, 0) is 5.41 Å². The fourth-order valence-electron chi connectivity index (χ4n) is 8.62. The number of hydrogen-bond acceptors (Lipinski definition) is 1. The van der Waals surface area contributed by atoms with Crippen molar-refractivity contribution >= 4 is 38.9 Å². The quantitative estimate of drug-likeness (QED) is 0.150. The molecule has 1 heterocycles. The molecule has 0 amide bonds. The highest BCUT2D eigenvalue weighted by Crippen LogP contribution is 2.44. The van der Waals surface area contributed by atoms with Gasteiger partial charge in [-0.05, 0) is 135 Å². The van der Waals surface area contributed by atoms with Gasteiger partial charge < -0.3 is 9.47 Å². The molecule has 0 spiro atoms. The van der Waals surface area contributed by atoms with Crippen LogP contribution < -0.4 is 4.90 Å². The Morgan fingerprint density at radius 2 is 0.879 bits per heavy atom. The van der Waals surface area contributed by atoms with Gasteiger partial charge in [-0.2, -0.15) is 0 Å². The molecule has 1 unspecified atom stereocenters. The number of anilines is 3. The molecule has 7 aromatic carbocycles. The van der Waals surface area contributed by atoms with E-state index in [4.69, 9.17) is 0 Å². The van der Waals surface area contributed by atoms with E-state index in [1.54, 1.807) is 0 Å². The van der Waals surface area contributed by atoms with Gasteiger partial charge in [0.05, 0.1) is 11.0 Å². The molecular formula is C56H58N2. The summed E-state index contributed by atoms with van der Waals surface area (Å²) >= 11 is 0. The Morgan fingerprint density at radius 1 is 0.448 bits per heavy atom. The molecule has 0 saturated carbocycles. The molecule has 1 aromatic heterocycles. The molecule has 292 valence electrons. The van der Waals surface area contributed by atoms with E-state index in [2.05, 4.69) is 242 Å². The zero-order chi connectivity index (χ0) is 40.8. The van der Waals surface area contributed by atoms with Crippen molar-refractivity contribution in [3.63, 3.8) is 0 Å². The molecule has 0 radical (unpaired) electrons. The minimum Gasteiger partial charge on any atom is -0.311 e. The van der Waals surface area contributed by atoms with Crippen molar-refractivity contribution in [1.29, 1.82) is 0 Å². The summed E-state index contributed by atoms with van der Waals surface area (Å²) < 4.78 is 2.44. The van der Waals surface area contributed by atoms with Crippen LogP contribution in [0.15, 0.2) is 170 Å². The van der Waals surface area contributed by atoms with Crippen LogP contribution in [0.1, 0.15) is 85.8 Å². The molecule has 2 heteroatoms. The lowest BCUT2D eigenvalue weighted by molar-refractivity contribution is 0.229. The van der Waals surface area contributed by atoms with Gasteiger partial charge in [0.15, 0.2) is 0 Å². The molecule has 0 aliphatic rings. The topological polar surface area (TPSA) is 8.17 Å². The number of rotatable bonds is 8. The summed E-state index contributed by atoms with van der Waals surface area (Å²) in [4.78, 5) is 2.31. The van der Waals surface area contributed by atoms with Crippen LogP contribution in [0.2, 0.25) is 0 Å². The Hall–Kier alpha value is -5.86. The Morgan fingerprint density at radius 3 is 1.31 bits per heavy atom. The van der Waals surface area contributed by atoms with Crippen molar-refractivity contribution in [3.05, 3.63) is 181 Å². The van der Waals surface area contributed by atoms with Gasteiger partial charge in [-0.25, -0.2) is 0 Å². The number of aromatic nitrogens is 1. The third kappa shape index (κ3) is 7.98. The highest BCUT2D eigenvalue weighted by Gasteiger charge is 2.30. The van der Waals surface area contributed by atoms with Crippen LogP contribution in [0.3, 0.4) is 0 Å². The Labute approximate surface area is 346 Å². The third-order valence-electron chi connectivity index (χ3n) is 11.8. The van der Waals surface area contributed by atoms with Gasteiger partial charge in [0, 0.05) is 33.5 Å². The molecule has 8 rings (SSSR count). The Bertz CT molecular complexity index is 2600. The van der Waals surface area contributed by atoms with Gasteiger partial charge in [0.2, 0.25) is 0 Å². The first-order valence-corrected chi connectivity index (χ1v) is 20.9. The normalized spacial score (nSPS) is 12.9. The predicted molar refractivity (Wildman–Crippen MR) is 251 cm³/mol. The Kier molecular flexibility index (Phi) is 10.2. The standard InChI is InChI=1S/C56H58N2/c1-54(2,3)38-51(56(7,8)9)41-22-20-39(21-23-41)42-26-34-52-49(36-42)50-37-43(27-35-53(50)58(52)48-32-28-44(29-33-48)55(4,5)6)40-24-30-47(31-25-40)57(45-16-12-10-13-17-45)46-18-14-11-15-19-46/h10-37,51H,38H2,1-9H3. The number of hydrogen-bond donors (Lipinski definition) is 0. The Balaban J connectivity index is 1.22. The summed E-state index contributed by atoms with van der Waals surface area (Å²) in [6.07, 6.45) is 1.15. The maximum absolute atomic E-state index is 2.44. The highest BCUT2D eigenvalue weighted by atomic mass is 15.1. The fourth-order valence-corrected chi connectivity index (χ4v) is 8.62. The molecule has 0 saturated heterocycles. The molecule has 0 N–H and O–H groups in total. The molecule has 0 bridgehead atoms. The lowest BCUT2D eigenvalue weighted by atomic mass is 9.69. The SMILES string of the molecule is CC(C)(C)CC(c1ccc(-c2ccc3c(c2)c2cc(-c4ccc(N(c5ccccc5)c5ccccc5)cc4)ccc2n3-c2ccc(C(C)(C)C)cc2)cc1)C(C)(C)C. The van der Waals surface area contributed by atoms with E-state index in [9.17, 15) is 0 Å². The average molecular weight is 759 g/mol. The summed E-state index contributed by atoms with van der Waals surface area (Å²) in [5, 5.41) is 2.51. The number of nitrogens with zero attached hydrogens (tertiary/aromatic N) is 2. The molecule has 58 heavy (non-hydrogen) atoms. The maximum atomic E-state index is 2.44. The number of benzene rings is 7. The second kappa shape index (κ2) is 15.1. The molecular weight excluding hydrogens is 701 g/mol. The van der Waals surface area contributed by atoms with Crippen LogP contribution in [-0.4, -0.2) is 4.57 Å². The monoisotopic (exact) mass is 758 g/mol. The van der Waals surface area contributed by atoms with Crippen molar-refractivity contribution in [2.45, 2.75) is 80.1 Å². The first-order valence-electron chi connectivity index (χ1n) is 20.9. The predicted octanol–water partition coefficient (Wildman–Crippen LogP) is 16.5. The van der Waals surface area contributed by atoms with Gasteiger partial charge in [0.1, 0.15) is 0 Å². The van der Waals surface area contributed by atoms with Gasteiger partial charge in [-0.1, -0.05) is 159 Å². The lowest BCUT2D eigenvalue weighted by Crippen LogP contribution is -2.23. The number of fused-ring (bicyclic) bond motifs is 3. The molecule has 2 nitrogen and oxygen atoms in total. The lowest BCUT2D eigenvalue weighted by Gasteiger charge is -2.36. The third-order valence-corrected chi connectivity index (χ3v) is 11.8. The first-order chi connectivity index (χ1) is 27.6. The van der Waals surface area contributed by atoms with Crippen molar-refractivity contribution in [1.82, 2.24) is 4.57 Å². The van der Waals surface area contributed by atoms with E-state index < -0.39 is 0 Å².